The molecule has 1 heterocycles. The maximum atomic E-state index is 11.9. The number of aliphatic imine (C=N–C) groups is 1. The fourth-order valence-electron chi connectivity index (χ4n) is 4.30. The summed E-state index contributed by atoms with van der Waals surface area (Å²) in [6.45, 7) is 2.77. The Labute approximate surface area is 155 Å². The first-order valence-corrected chi connectivity index (χ1v) is 9.32. The van der Waals surface area contributed by atoms with Crippen molar-refractivity contribution in [3.8, 4) is 5.75 Å². The number of esters is 1. The predicted molar refractivity (Wildman–Crippen MR) is 102 cm³/mol. The Morgan fingerprint density at radius 2 is 2.04 bits per heavy atom. The number of likely N-dealkylation sites (tertiary alicyclic amines) is 1. The summed E-state index contributed by atoms with van der Waals surface area (Å²) in [5.41, 5.74) is 1.94. The molecular weight excluding hydrogens is 330 g/mol. The maximum absolute atomic E-state index is 11.9. The number of nitrogens with zero attached hydrogens (tertiary/aromatic N) is 2. The van der Waals surface area contributed by atoms with E-state index in [0.717, 1.165) is 24.6 Å². The predicted octanol–water partition coefficient (Wildman–Crippen LogP) is 2.82. The Bertz CT molecular complexity index is 681. The van der Waals surface area contributed by atoms with Crippen molar-refractivity contribution in [2.75, 3.05) is 34.4 Å². The van der Waals surface area contributed by atoms with E-state index in [9.17, 15) is 4.79 Å². The van der Waals surface area contributed by atoms with Gasteiger partial charge in [0, 0.05) is 26.7 Å². The lowest BCUT2D eigenvalue weighted by atomic mass is 9.86. The van der Waals surface area contributed by atoms with Crippen LogP contribution >= 0.6 is 0 Å². The minimum atomic E-state index is -0.393. The number of carbonyl (C=O) groups excluding carboxylic acids is 1. The molecule has 6 nitrogen and oxygen atoms in total. The third kappa shape index (κ3) is 3.79. The van der Waals surface area contributed by atoms with E-state index in [1.165, 1.54) is 39.2 Å². The van der Waals surface area contributed by atoms with Crippen LogP contribution in [0.2, 0.25) is 0 Å². The first-order chi connectivity index (χ1) is 12.6. The number of benzene rings is 1. The van der Waals surface area contributed by atoms with Crippen molar-refractivity contribution >= 4 is 11.9 Å². The molecule has 0 amide bonds. The molecule has 0 unspecified atom stereocenters. The number of guanidine groups is 1. The van der Waals surface area contributed by atoms with Crippen molar-refractivity contribution in [3.05, 3.63) is 29.3 Å². The van der Waals surface area contributed by atoms with Gasteiger partial charge in [-0.2, -0.15) is 0 Å². The molecule has 1 aromatic carbocycles. The molecule has 1 aliphatic heterocycles. The third-order valence-electron chi connectivity index (χ3n) is 5.73. The van der Waals surface area contributed by atoms with Crippen LogP contribution in [0.15, 0.2) is 23.2 Å². The van der Waals surface area contributed by atoms with Crippen LogP contribution in [-0.4, -0.2) is 51.2 Å². The molecule has 6 heteroatoms. The minimum absolute atomic E-state index is 0.393. The van der Waals surface area contributed by atoms with Gasteiger partial charge in [0.2, 0.25) is 0 Å². The molecular formula is C20H29N3O3. The van der Waals surface area contributed by atoms with Crippen molar-refractivity contribution in [1.29, 1.82) is 0 Å². The zero-order valence-corrected chi connectivity index (χ0v) is 16.0. The molecule has 1 spiro atoms. The van der Waals surface area contributed by atoms with E-state index in [0.29, 0.717) is 23.3 Å². The number of nitrogens with one attached hydrogen (secondary N) is 1. The number of rotatable bonds is 4. The Hall–Kier alpha value is -2.24. The first kappa shape index (κ1) is 18.5. The van der Waals surface area contributed by atoms with Gasteiger partial charge in [-0.3, -0.25) is 4.99 Å². The Morgan fingerprint density at radius 3 is 2.69 bits per heavy atom. The highest BCUT2D eigenvalue weighted by Crippen LogP contribution is 2.45. The van der Waals surface area contributed by atoms with E-state index in [2.05, 4.69) is 15.2 Å². The number of methoxy groups -OCH3 is 2. The zero-order valence-electron chi connectivity index (χ0n) is 16.0. The standard InChI is InChI=1S/C20H29N3O3/c1-21-19(23-11-10-20(14-23)8-4-5-9-20)22-13-15-6-7-17(25-2)16(12-15)18(24)26-3/h6-7,12H,4-5,8-11,13-14H2,1-3H3,(H,21,22). The van der Waals surface area contributed by atoms with E-state index in [4.69, 9.17) is 9.47 Å². The third-order valence-corrected chi connectivity index (χ3v) is 5.73. The van der Waals surface area contributed by atoms with Crippen LogP contribution in [0.3, 0.4) is 0 Å². The zero-order chi connectivity index (χ0) is 18.6. The summed E-state index contributed by atoms with van der Waals surface area (Å²) in [5, 5.41) is 3.44. The lowest BCUT2D eigenvalue weighted by Crippen LogP contribution is -2.40. The molecule has 1 aromatic rings. The molecule has 0 atom stereocenters. The second-order valence-corrected chi connectivity index (χ2v) is 7.31. The van der Waals surface area contributed by atoms with Crippen molar-refractivity contribution < 1.29 is 14.3 Å². The van der Waals surface area contributed by atoms with Gasteiger partial charge in [0.15, 0.2) is 5.96 Å². The summed E-state index contributed by atoms with van der Waals surface area (Å²) in [5.74, 6) is 1.06. The second kappa shape index (κ2) is 7.98. The molecule has 0 bridgehead atoms. The maximum Gasteiger partial charge on any atom is 0.341 e. The van der Waals surface area contributed by atoms with Gasteiger partial charge in [0.25, 0.3) is 0 Å². The fraction of sp³-hybridized carbons (Fsp3) is 0.600. The number of carbonyl (C=O) groups is 1. The van der Waals surface area contributed by atoms with Gasteiger partial charge in [0.05, 0.1) is 14.2 Å². The van der Waals surface area contributed by atoms with Crippen molar-refractivity contribution in [2.24, 2.45) is 10.4 Å². The molecule has 1 saturated carbocycles. The minimum Gasteiger partial charge on any atom is -0.496 e. The van der Waals surface area contributed by atoms with Crippen molar-refractivity contribution in [3.63, 3.8) is 0 Å². The van der Waals surface area contributed by atoms with Gasteiger partial charge in [0.1, 0.15) is 11.3 Å². The molecule has 3 rings (SSSR count). The second-order valence-electron chi connectivity index (χ2n) is 7.31. The summed E-state index contributed by atoms with van der Waals surface area (Å²) in [6, 6.07) is 5.57. The largest absolute Gasteiger partial charge is 0.496 e. The Kier molecular flexibility index (Phi) is 5.69. The summed E-state index contributed by atoms with van der Waals surface area (Å²) in [4.78, 5) is 18.8. The molecule has 142 valence electrons. The average Bonchev–Trinajstić information content (AvgIpc) is 3.31. The number of hydrogen-bond acceptors (Lipinski definition) is 4. The monoisotopic (exact) mass is 359 g/mol. The van der Waals surface area contributed by atoms with Crippen LogP contribution in [0.25, 0.3) is 0 Å². The van der Waals surface area contributed by atoms with Crippen LogP contribution < -0.4 is 10.1 Å². The topological polar surface area (TPSA) is 63.2 Å². The van der Waals surface area contributed by atoms with Gasteiger partial charge in [-0.25, -0.2) is 4.79 Å². The van der Waals surface area contributed by atoms with Crippen LogP contribution in [0.1, 0.15) is 48.0 Å². The van der Waals surface area contributed by atoms with E-state index < -0.39 is 5.97 Å². The summed E-state index contributed by atoms with van der Waals surface area (Å²) in [7, 11) is 4.75. The normalized spacial score (nSPS) is 19.0. The lowest BCUT2D eigenvalue weighted by molar-refractivity contribution is 0.0597. The van der Waals surface area contributed by atoms with E-state index in [-0.39, 0.29) is 0 Å². The first-order valence-electron chi connectivity index (χ1n) is 9.32. The summed E-state index contributed by atoms with van der Waals surface area (Å²) in [6.07, 6.45) is 6.69. The van der Waals surface area contributed by atoms with Gasteiger partial charge >= 0.3 is 5.97 Å². The highest BCUT2D eigenvalue weighted by atomic mass is 16.5. The van der Waals surface area contributed by atoms with E-state index in [1.54, 1.807) is 13.2 Å². The van der Waals surface area contributed by atoms with Crippen LogP contribution in [0, 0.1) is 5.41 Å². The molecule has 0 aromatic heterocycles. The van der Waals surface area contributed by atoms with Gasteiger partial charge in [-0.05, 0) is 42.4 Å². The molecule has 1 aliphatic carbocycles. The molecule has 0 radical (unpaired) electrons. The molecule has 2 aliphatic rings. The quantitative estimate of drug-likeness (QED) is 0.509. The molecule has 2 fully saturated rings. The Balaban J connectivity index is 1.65. The number of hydrogen-bond donors (Lipinski definition) is 1. The summed E-state index contributed by atoms with van der Waals surface area (Å²) < 4.78 is 10.1. The average molecular weight is 359 g/mol. The van der Waals surface area contributed by atoms with Crippen molar-refractivity contribution in [1.82, 2.24) is 10.2 Å². The lowest BCUT2D eigenvalue weighted by Gasteiger charge is -2.26. The van der Waals surface area contributed by atoms with Crippen LogP contribution in [0.4, 0.5) is 0 Å². The molecule has 26 heavy (non-hydrogen) atoms. The SMILES string of the molecule is CN=C(NCc1ccc(OC)c(C(=O)OC)c1)N1CCC2(CCCC2)C1. The van der Waals surface area contributed by atoms with Crippen LogP contribution in [-0.2, 0) is 11.3 Å². The molecule has 1 N–H and O–H groups in total. The highest BCUT2D eigenvalue weighted by Gasteiger charge is 2.41. The van der Waals surface area contributed by atoms with Gasteiger partial charge in [-0.1, -0.05) is 18.9 Å². The van der Waals surface area contributed by atoms with Gasteiger partial charge < -0.3 is 19.7 Å². The van der Waals surface area contributed by atoms with E-state index >= 15 is 0 Å². The highest BCUT2D eigenvalue weighted by molar-refractivity contribution is 5.92. The van der Waals surface area contributed by atoms with Crippen LogP contribution in [0.5, 0.6) is 5.75 Å². The van der Waals surface area contributed by atoms with Crippen molar-refractivity contribution in [2.45, 2.75) is 38.6 Å². The number of ether oxygens (including phenoxy) is 2. The molecule has 1 saturated heterocycles. The smallest absolute Gasteiger partial charge is 0.341 e. The van der Waals surface area contributed by atoms with Gasteiger partial charge in [-0.15, -0.1) is 0 Å². The van der Waals surface area contributed by atoms with E-state index in [1.807, 2.05) is 19.2 Å². The Morgan fingerprint density at radius 1 is 1.27 bits per heavy atom. The fourth-order valence-corrected chi connectivity index (χ4v) is 4.30. The summed E-state index contributed by atoms with van der Waals surface area (Å²) >= 11 is 0.